The summed E-state index contributed by atoms with van der Waals surface area (Å²) >= 11 is 1.72. The average molecular weight is 410 g/mol. The Bertz CT molecular complexity index is 1490. The van der Waals surface area contributed by atoms with E-state index >= 15 is 0 Å². The minimum absolute atomic E-state index is 0.00432. The van der Waals surface area contributed by atoms with Crippen molar-refractivity contribution in [3.05, 3.63) is 81.6 Å². The minimum atomic E-state index is -0.00432. The first-order valence-electron chi connectivity index (χ1n) is 10.2. The Morgan fingerprint density at radius 2 is 1.93 bits per heavy atom. The molecule has 30 heavy (non-hydrogen) atoms. The van der Waals surface area contributed by atoms with E-state index in [9.17, 15) is 4.79 Å². The summed E-state index contributed by atoms with van der Waals surface area (Å²) in [5, 5.41) is 2.08. The van der Waals surface area contributed by atoms with Gasteiger partial charge in [0.2, 0.25) is 0 Å². The average Bonchev–Trinajstić information content (AvgIpc) is 3.52. The second-order valence-electron chi connectivity index (χ2n) is 7.97. The minimum Gasteiger partial charge on any atom is -0.306 e. The highest BCUT2D eigenvalue weighted by atomic mass is 32.1. The Hall–Kier alpha value is -3.31. The summed E-state index contributed by atoms with van der Waals surface area (Å²) in [5.74, 6) is 0.396. The van der Waals surface area contributed by atoms with Crippen LogP contribution in [0.2, 0.25) is 0 Å². The summed E-state index contributed by atoms with van der Waals surface area (Å²) in [5.41, 5.74) is 5.58. The lowest BCUT2D eigenvalue weighted by atomic mass is 9.99. The highest BCUT2D eigenvalue weighted by Gasteiger charge is 2.27. The molecular weight excluding hydrogens is 390 g/mol. The van der Waals surface area contributed by atoms with Gasteiger partial charge in [0.25, 0.3) is 5.56 Å². The van der Waals surface area contributed by atoms with Crippen molar-refractivity contribution in [3.8, 4) is 21.7 Å². The van der Waals surface area contributed by atoms with Gasteiger partial charge in [-0.15, -0.1) is 11.3 Å². The van der Waals surface area contributed by atoms with E-state index in [1.165, 1.54) is 4.88 Å². The van der Waals surface area contributed by atoms with Crippen LogP contribution in [0, 0.1) is 6.92 Å². The molecule has 1 N–H and O–H groups in total. The SMILES string of the molecule is Cc1ccc(-c2nc3[nH]c(=O)c(C4CC4)cc3cc2-c2ccc3ncccc3c2)s1. The normalized spacial score (nSPS) is 13.9. The molecule has 1 aliphatic carbocycles. The topological polar surface area (TPSA) is 58.6 Å². The number of hydrogen-bond acceptors (Lipinski definition) is 4. The van der Waals surface area contributed by atoms with E-state index in [1.807, 2.05) is 18.3 Å². The summed E-state index contributed by atoms with van der Waals surface area (Å²) in [6, 6.07) is 18.8. The van der Waals surface area contributed by atoms with Crippen LogP contribution in [0.5, 0.6) is 0 Å². The summed E-state index contributed by atoms with van der Waals surface area (Å²) in [4.78, 5) is 27.3. The van der Waals surface area contributed by atoms with Gasteiger partial charge >= 0.3 is 0 Å². The number of nitrogens with one attached hydrogen (secondary N) is 1. The van der Waals surface area contributed by atoms with Crippen LogP contribution in [-0.4, -0.2) is 15.0 Å². The third kappa shape index (κ3) is 2.94. The number of nitrogens with zero attached hydrogens (tertiary/aromatic N) is 2. The van der Waals surface area contributed by atoms with Crippen molar-refractivity contribution in [2.24, 2.45) is 0 Å². The molecule has 0 bridgehead atoms. The third-order valence-electron chi connectivity index (χ3n) is 5.76. The zero-order valence-corrected chi connectivity index (χ0v) is 17.3. The molecule has 1 fully saturated rings. The number of rotatable bonds is 3. The fraction of sp³-hybridized carbons (Fsp3) is 0.160. The molecule has 4 nitrogen and oxygen atoms in total. The van der Waals surface area contributed by atoms with Crippen LogP contribution in [0.15, 0.2) is 65.6 Å². The molecule has 5 heteroatoms. The van der Waals surface area contributed by atoms with Gasteiger partial charge in [0, 0.05) is 33.0 Å². The molecule has 5 aromatic rings. The van der Waals surface area contributed by atoms with Crippen molar-refractivity contribution in [2.45, 2.75) is 25.7 Å². The number of hydrogen-bond donors (Lipinski definition) is 1. The fourth-order valence-corrected chi connectivity index (χ4v) is 4.93. The van der Waals surface area contributed by atoms with E-state index in [4.69, 9.17) is 4.98 Å². The van der Waals surface area contributed by atoms with E-state index in [0.717, 1.165) is 56.4 Å². The molecular formula is C25H19N3OS. The quantitative estimate of drug-likeness (QED) is 0.394. The first-order chi connectivity index (χ1) is 14.7. The van der Waals surface area contributed by atoms with E-state index in [2.05, 4.69) is 59.4 Å². The van der Waals surface area contributed by atoms with Crippen LogP contribution >= 0.6 is 11.3 Å². The van der Waals surface area contributed by atoms with E-state index in [-0.39, 0.29) is 5.56 Å². The van der Waals surface area contributed by atoms with Crippen molar-refractivity contribution in [1.82, 2.24) is 15.0 Å². The molecule has 0 saturated heterocycles. The standard InChI is InChI=1S/C25H19N3OS/c1-14-4-9-22(30-14)23-19(16-7-8-21-17(11-16)3-2-10-26-21)12-18-13-20(15-5-6-15)25(29)28-24(18)27-23/h2-4,7-13,15H,5-6H2,1H3,(H,27,28,29). The number of aromatic nitrogens is 3. The zero-order chi connectivity index (χ0) is 20.2. The van der Waals surface area contributed by atoms with E-state index in [0.29, 0.717) is 11.6 Å². The van der Waals surface area contributed by atoms with Crippen molar-refractivity contribution < 1.29 is 0 Å². The number of H-pyrrole nitrogens is 1. The van der Waals surface area contributed by atoms with Crippen molar-refractivity contribution in [3.63, 3.8) is 0 Å². The maximum Gasteiger partial charge on any atom is 0.253 e. The molecule has 0 unspecified atom stereocenters. The number of pyridine rings is 3. The number of thiophene rings is 1. The van der Waals surface area contributed by atoms with E-state index < -0.39 is 0 Å². The van der Waals surface area contributed by atoms with E-state index in [1.54, 1.807) is 11.3 Å². The molecule has 0 aliphatic heterocycles. The maximum atomic E-state index is 12.6. The number of aryl methyl sites for hydroxylation is 1. The third-order valence-corrected chi connectivity index (χ3v) is 6.77. The summed E-state index contributed by atoms with van der Waals surface area (Å²) in [6.45, 7) is 2.10. The van der Waals surface area contributed by atoms with Gasteiger partial charge in [0.1, 0.15) is 5.65 Å². The Labute approximate surface area is 177 Å². The Morgan fingerprint density at radius 1 is 1.03 bits per heavy atom. The Morgan fingerprint density at radius 3 is 2.73 bits per heavy atom. The van der Waals surface area contributed by atoms with Gasteiger partial charge in [-0.3, -0.25) is 9.78 Å². The highest BCUT2D eigenvalue weighted by molar-refractivity contribution is 7.15. The predicted octanol–water partition coefficient (Wildman–Crippen LogP) is 6.05. The lowest BCUT2D eigenvalue weighted by Crippen LogP contribution is -2.12. The first-order valence-corrected chi connectivity index (χ1v) is 11.0. The van der Waals surface area contributed by atoms with Crippen LogP contribution in [0.3, 0.4) is 0 Å². The lowest BCUT2D eigenvalue weighted by Gasteiger charge is -2.11. The van der Waals surface area contributed by atoms with Gasteiger partial charge in [-0.25, -0.2) is 4.98 Å². The van der Waals surface area contributed by atoms with Crippen LogP contribution in [-0.2, 0) is 0 Å². The Balaban J connectivity index is 1.64. The number of aromatic amines is 1. The van der Waals surface area contributed by atoms with Gasteiger partial charge in [0.15, 0.2) is 0 Å². The van der Waals surface area contributed by atoms with Crippen molar-refractivity contribution in [1.29, 1.82) is 0 Å². The van der Waals surface area contributed by atoms with Gasteiger partial charge in [0.05, 0.1) is 16.1 Å². The second kappa shape index (κ2) is 6.61. The molecule has 1 aliphatic rings. The van der Waals surface area contributed by atoms with Crippen molar-refractivity contribution in [2.75, 3.05) is 0 Å². The molecule has 4 heterocycles. The summed E-state index contributed by atoms with van der Waals surface area (Å²) < 4.78 is 0. The van der Waals surface area contributed by atoms with Crippen LogP contribution in [0.1, 0.15) is 29.2 Å². The van der Waals surface area contributed by atoms with Gasteiger partial charge in [-0.05, 0) is 73.7 Å². The van der Waals surface area contributed by atoms with Crippen LogP contribution < -0.4 is 5.56 Å². The first kappa shape index (κ1) is 17.5. The van der Waals surface area contributed by atoms with Crippen LogP contribution in [0.4, 0.5) is 0 Å². The molecule has 0 spiro atoms. The molecule has 1 aromatic carbocycles. The molecule has 1 saturated carbocycles. The monoisotopic (exact) mass is 409 g/mol. The van der Waals surface area contributed by atoms with Gasteiger partial charge < -0.3 is 4.98 Å². The second-order valence-corrected chi connectivity index (χ2v) is 9.26. The van der Waals surface area contributed by atoms with Gasteiger partial charge in [-0.2, -0.15) is 0 Å². The van der Waals surface area contributed by atoms with Crippen molar-refractivity contribution >= 4 is 33.3 Å². The fourth-order valence-electron chi connectivity index (χ4n) is 4.06. The summed E-state index contributed by atoms with van der Waals surface area (Å²) in [6.07, 6.45) is 4.01. The molecule has 146 valence electrons. The number of benzene rings is 1. The Kier molecular flexibility index (Phi) is 3.86. The predicted molar refractivity (Wildman–Crippen MR) is 123 cm³/mol. The highest BCUT2D eigenvalue weighted by Crippen LogP contribution is 2.40. The smallest absolute Gasteiger partial charge is 0.253 e. The largest absolute Gasteiger partial charge is 0.306 e. The van der Waals surface area contributed by atoms with Gasteiger partial charge in [-0.1, -0.05) is 12.1 Å². The number of fused-ring (bicyclic) bond motifs is 2. The molecule has 6 rings (SSSR count). The maximum absolute atomic E-state index is 12.6. The molecule has 0 radical (unpaired) electrons. The summed E-state index contributed by atoms with van der Waals surface area (Å²) in [7, 11) is 0. The molecule has 4 aromatic heterocycles. The zero-order valence-electron chi connectivity index (χ0n) is 16.5. The molecule has 0 amide bonds. The molecule has 0 atom stereocenters. The lowest BCUT2D eigenvalue weighted by molar-refractivity contribution is 1.06. The van der Waals surface area contributed by atoms with Crippen LogP contribution in [0.25, 0.3) is 43.6 Å².